The van der Waals surface area contributed by atoms with Crippen molar-refractivity contribution in [3.63, 3.8) is 0 Å². The van der Waals surface area contributed by atoms with Gasteiger partial charge in [0, 0.05) is 0 Å². The molecule has 84 valence electrons. The van der Waals surface area contributed by atoms with Gasteiger partial charge in [-0.2, -0.15) is 0 Å². The van der Waals surface area contributed by atoms with Crippen LogP contribution in [-0.2, 0) is 0 Å². The Hall–Kier alpha value is -0.300. The second-order valence-corrected chi connectivity index (χ2v) is 4.35. The van der Waals surface area contributed by atoms with Gasteiger partial charge in [0.1, 0.15) is 0 Å². The topological polar surface area (TPSA) is 12.0 Å². The van der Waals surface area contributed by atoms with E-state index in [-0.39, 0.29) is 0 Å². The molecule has 0 bridgehead atoms. The first kappa shape index (κ1) is 13.7. The minimum atomic E-state index is 0.767. The van der Waals surface area contributed by atoms with E-state index in [9.17, 15) is 0 Å². The Morgan fingerprint density at radius 1 is 1.07 bits per heavy atom. The zero-order chi connectivity index (χ0) is 10.6. The van der Waals surface area contributed by atoms with Crippen LogP contribution in [0.4, 0.5) is 0 Å². The Labute approximate surface area is 90.0 Å². The van der Waals surface area contributed by atoms with Crippen molar-refractivity contribution in [2.24, 2.45) is 5.92 Å². The van der Waals surface area contributed by atoms with E-state index in [0.29, 0.717) is 0 Å². The maximum atomic E-state index is 3.44. The fourth-order valence-corrected chi connectivity index (χ4v) is 1.32. The van der Waals surface area contributed by atoms with Crippen LogP contribution in [0.15, 0.2) is 12.2 Å². The Balaban J connectivity index is 3.03. The quantitative estimate of drug-likeness (QED) is 0.438. The van der Waals surface area contributed by atoms with Crippen LogP contribution in [0.25, 0.3) is 0 Å². The first-order valence-electron chi connectivity index (χ1n) is 6.13. The third kappa shape index (κ3) is 11.7. The molecule has 0 saturated carbocycles. The van der Waals surface area contributed by atoms with Crippen LogP contribution in [0.1, 0.15) is 52.9 Å². The summed E-state index contributed by atoms with van der Waals surface area (Å²) in [5, 5.41) is 3.44. The summed E-state index contributed by atoms with van der Waals surface area (Å²) in [6.07, 6.45) is 11.1. The van der Waals surface area contributed by atoms with Gasteiger partial charge >= 0.3 is 0 Å². The van der Waals surface area contributed by atoms with Gasteiger partial charge in [0.05, 0.1) is 0 Å². The summed E-state index contributed by atoms with van der Waals surface area (Å²) in [5.41, 5.74) is 0. The van der Waals surface area contributed by atoms with Crippen molar-refractivity contribution in [1.29, 1.82) is 0 Å². The molecule has 0 aliphatic carbocycles. The van der Waals surface area contributed by atoms with Crippen LogP contribution in [0, 0.1) is 5.92 Å². The summed E-state index contributed by atoms with van der Waals surface area (Å²) in [5.74, 6) is 0.767. The lowest BCUT2D eigenvalue weighted by Crippen LogP contribution is -2.20. The molecular weight excluding hydrogens is 170 g/mol. The molecule has 0 unspecified atom stereocenters. The molecule has 0 aromatic carbocycles. The summed E-state index contributed by atoms with van der Waals surface area (Å²) in [6, 6.07) is 0. The first-order chi connectivity index (χ1) is 6.77. The summed E-state index contributed by atoms with van der Waals surface area (Å²) >= 11 is 0. The lowest BCUT2D eigenvalue weighted by atomic mass is 10.2. The Morgan fingerprint density at radius 2 is 1.79 bits per heavy atom. The largest absolute Gasteiger partial charge is 0.316 e. The fraction of sp³-hybridized carbons (Fsp3) is 0.846. The Morgan fingerprint density at radius 3 is 2.43 bits per heavy atom. The number of rotatable bonds is 9. The highest BCUT2D eigenvalue weighted by atomic mass is 14.8. The molecule has 0 amide bonds. The second kappa shape index (κ2) is 10.8. The van der Waals surface area contributed by atoms with E-state index in [1.165, 1.54) is 32.1 Å². The van der Waals surface area contributed by atoms with E-state index in [4.69, 9.17) is 0 Å². The summed E-state index contributed by atoms with van der Waals surface area (Å²) in [7, 11) is 0. The van der Waals surface area contributed by atoms with Crippen LogP contribution in [0.3, 0.4) is 0 Å². The molecule has 0 saturated heterocycles. The lowest BCUT2D eigenvalue weighted by molar-refractivity contribution is 0.556. The standard InChI is InChI=1S/C13H27N/c1-4-5-6-7-8-9-10-11-14-12-13(2)3/h8-9,13-14H,4-7,10-12H2,1-3H3. The van der Waals surface area contributed by atoms with Crippen molar-refractivity contribution in [1.82, 2.24) is 5.32 Å². The maximum Gasteiger partial charge on any atom is -0.00142 e. The van der Waals surface area contributed by atoms with Crippen molar-refractivity contribution in [2.75, 3.05) is 13.1 Å². The molecule has 0 rings (SSSR count). The maximum absolute atomic E-state index is 3.44. The zero-order valence-electron chi connectivity index (χ0n) is 10.2. The number of unbranched alkanes of at least 4 members (excludes halogenated alkanes) is 3. The van der Waals surface area contributed by atoms with E-state index in [1.54, 1.807) is 0 Å². The van der Waals surface area contributed by atoms with Crippen LogP contribution >= 0.6 is 0 Å². The van der Waals surface area contributed by atoms with Gasteiger partial charge in [-0.1, -0.05) is 45.8 Å². The summed E-state index contributed by atoms with van der Waals surface area (Å²) in [6.45, 7) is 9.01. The molecular formula is C13H27N. The first-order valence-corrected chi connectivity index (χ1v) is 6.13. The summed E-state index contributed by atoms with van der Waals surface area (Å²) in [4.78, 5) is 0. The average molecular weight is 197 g/mol. The fourth-order valence-electron chi connectivity index (χ4n) is 1.32. The Bertz CT molecular complexity index is 127. The van der Waals surface area contributed by atoms with Crippen molar-refractivity contribution in [2.45, 2.75) is 52.9 Å². The van der Waals surface area contributed by atoms with E-state index in [2.05, 4.69) is 38.2 Å². The molecule has 0 aromatic rings. The van der Waals surface area contributed by atoms with Crippen molar-refractivity contribution >= 4 is 0 Å². The van der Waals surface area contributed by atoms with Gasteiger partial charge < -0.3 is 5.32 Å². The van der Waals surface area contributed by atoms with E-state index >= 15 is 0 Å². The van der Waals surface area contributed by atoms with Gasteiger partial charge in [0.25, 0.3) is 0 Å². The third-order valence-electron chi connectivity index (χ3n) is 2.18. The van der Waals surface area contributed by atoms with Crippen LogP contribution in [0.2, 0.25) is 0 Å². The molecule has 1 nitrogen and oxygen atoms in total. The van der Waals surface area contributed by atoms with Crippen LogP contribution < -0.4 is 5.32 Å². The molecule has 0 aromatic heterocycles. The number of allylic oxidation sites excluding steroid dienone is 1. The van der Waals surface area contributed by atoms with Crippen LogP contribution in [-0.4, -0.2) is 13.1 Å². The van der Waals surface area contributed by atoms with Gasteiger partial charge in [-0.25, -0.2) is 0 Å². The SMILES string of the molecule is CCCCCC=CCCNCC(C)C. The highest BCUT2D eigenvalue weighted by molar-refractivity contribution is 4.82. The van der Waals surface area contributed by atoms with Gasteiger partial charge in [0.15, 0.2) is 0 Å². The highest BCUT2D eigenvalue weighted by Gasteiger charge is 1.90. The lowest BCUT2D eigenvalue weighted by Gasteiger charge is -2.04. The van der Waals surface area contributed by atoms with Gasteiger partial charge in [-0.15, -0.1) is 0 Å². The van der Waals surface area contributed by atoms with Crippen molar-refractivity contribution < 1.29 is 0 Å². The minimum Gasteiger partial charge on any atom is -0.316 e. The summed E-state index contributed by atoms with van der Waals surface area (Å²) < 4.78 is 0. The molecule has 0 spiro atoms. The molecule has 1 N–H and O–H groups in total. The molecule has 1 heteroatoms. The van der Waals surface area contributed by atoms with Crippen LogP contribution in [0.5, 0.6) is 0 Å². The minimum absolute atomic E-state index is 0.767. The molecule has 0 radical (unpaired) electrons. The van der Waals surface area contributed by atoms with Gasteiger partial charge in [-0.05, 0) is 38.3 Å². The third-order valence-corrected chi connectivity index (χ3v) is 2.18. The van der Waals surface area contributed by atoms with Gasteiger partial charge in [0.2, 0.25) is 0 Å². The van der Waals surface area contributed by atoms with Gasteiger partial charge in [-0.3, -0.25) is 0 Å². The molecule has 0 atom stereocenters. The number of nitrogens with one attached hydrogen (secondary N) is 1. The predicted octanol–water partition coefficient (Wildman–Crippen LogP) is 3.76. The predicted molar refractivity (Wildman–Crippen MR) is 65.6 cm³/mol. The smallest absolute Gasteiger partial charge is 0.00142 e. The number of hydrogen-bond acceptors (Lipinski definition) is 1. The highest BCUT2D eigenvalue weighted by Crippen LogP contribution is 1.99. The zero-order valence-corrected chi connectivity index (χ0v) is 10.2. The van der Waals surface area contributed by atoms with E-state index in [1.807, 2.05) is 0 Å². The Kier molecular flexibility index (Phi) is 10.5. The molecule has 0 aliphatic rings. The van der Waals surface area contributed by atoms with Crippen molar-refractivity contribution in [3.05, 3.63) is 12.2 Å². The molecule has 0 aliphatic heterocycles. The van der Waals surface area contributed by atoms with E-state index in [0.717, 1.165) is 19.0 Å². The molecule has 0 fully saturated rings. The normalized spacial score (nSPS) is 11.7. The molecule has 0 heterocycles. The average Bonchev–Trinajstić information content (AvgIpc) is 2.15. The molecule has 14 heavy (non-hydrogen) atoms. The number of hydrogen-bond donors (Lipinski definition) is 1. The monoisotopic (exact) mass is 197 g/mol. The second-order valence-electron chi connectivity index (χ2n) is 4.35. The van der Waals surface area contributed by atoms with Crippen molar-refractivity contribution in [3.8, 4) is 0 Å². The van der Waals surface area contributed by atoms with E-state index < -0.39 is 0 Å².